The maximum Gasteiger partial charge on any atom is 0.323 e. The number of carbonyl (C=O) groups is 2. The van der Waals surface area contributed by atoms with Crippen molar-refractivity contribution in [2.45, 2.75) is 0 Å². The Balaban J connectivity index is 1.97. The quantitative estimate of drug-likeness (QED) is 0.457. The third-order valence-electron chi connectivity index (χ3n) is 2.90. The van der Waals surface area contributed by atoms with Gasteiger partial charge in [-0.05, 0) is 48.0 Å². The van der Waals surface area contributed by atoms with Gasteiger partial charge >= 0.3 is 5.91 Å². The van der Waals surface area contributed by atoms with Crippen LogP contribution >= 0.6 is 11.6 Å². The van der Waals surface area contributed by atoms with Gasteiger partial charge in [-0.25, -0.2) is 0 Å². The van der Waals surface area contributed by atoms with E-state index in [0.29, 0.717) is 16.3 Å². The molecule has 0 saturated heterocycles. The third-order valence-corrected chi connectivity index (χ3v) is 3.15. The Morgan fingerprint density at radius 1 is 1.04 bits per heavy atom. The SMILES string of the molecule is O=NC(=O)COc1ccc(/C=C/C(=O)c2ccc(Cl)cc2)cc1. The van der Waals surface area contributed by atoms with Crippen LogP contribution in [-0.4, -0.2) is 18.3 Å². The molecule has 0 aromatic heterocycles. The minimum atomic E-state index is -0.873. The predicted molar refractivity (Wildman–Crippen MR) is 87.6 cm³/mol. The summed E-state index contributed by atoms with van der Waals surface area (Å²) in [5.41, 5.74) is 1.34. The van der Waals surface area contributed by atoms with Crippen LogP contribution in [0.4, 0.5) is 0 Å². The van der Waals surface area contributed by atoms with Gasteiger partial charge in [0.05, 0.1) is 0 Å². The minimum Gasteiger partial charge on any atom is -0.484 e. The lowest BCUT2D eigenvalue weighted by molar-refractivity contribution is -0.119. The van der Waals surface area contributed by atoms with Crippen LogP contribution in [0.25, 0.3) is 6.08 Å². The van der Waals surface area contributed by atoms with Crippen LogP contribution in [0.3, 0.4) is 0 Å². The Labute approximate surface area is 137 Å². The fourth-order valence-corrected chi connectivity index (χ4v) is 1.85. The van der Waals surface area contributed by atoms with Gasteiger partial charge in [0.25, 0.3) is 0 Å². The molecule has 0 aliphatic heterocycles. The van der Waals surface area contributed by atoms with Gasteiger partial charge in [0.1, 0.15) is 5.75 Å². The first kappa shape index (κ1) is 16.6. The molecule has 0 bridgehead atoms. The summed E-state index contributed by atoms with van der Waals surface area (Å²) in [6.45, 7) is -0.395. The first-order valence-corrected chi connectivity index (χ1v) is 7.03. The standard InChI is InChI=1S/C17H12ClNO4/c18-14-6-4-13(5-7-14)16(20)10-3-12-1-8-15(9-2-12)23-11-17(21)19-22/h1-10H,11H2/b10-3+. The molecule has 0 saturated carbocycles. The zero-order valence-corrected chi connectivity index (χ0v) is 12.7. The summed E-state index contributed by atoms with van der Waals surface area (Å²) in [7, 11) is 0. The van der Waals surface area contributed by atoms with Crippen molar-refractivity contribution in [1.82, 2.24) is 0 Å². The number of ether oxygens (including phenoxy) is 1. The second kappa shape index (κ2) is 8.00. The van der Waals surface area contributed by atoms with Gasteiger partial charge in [0, 0.05) is 15.8 Å². The van der Waals surface area contributed by atoms with Crippen LogP contribution in [0.15, 0.2) is 59.8 Å². The minimum absolute atomic E-state index is 0.135. The molecule has 0 spiro atoms. The van der Waals surface area contributed by atoms with E-state index in [9.17, 15) is 14.5 Å². The van der Waals surface area contributed by atoms with E-state index >= 15 is 0 Å². The van der Waals surface area contributed by atoms with E-state index in [1.165, 1.54) is 6.08 Å². The number of halogens is 1. The number of allylic oxidation sites excluding steroid dienone is 1. The van der Waals surface area contributed by atoms with E-state index in [4.69, 9.17) is 16.3 Å². The van der Waals surface area contributed by atoms with Gasteiger partial charge in [0.15, 0.2) is 12.4 Å². The molecule has 2 aromatic carbocycles. The third kappa shape index (κ3) is 5.16. The largest absolute Gasteiger partial charge is 0.484 e. The summed E-state index contributed by atoms with van der Waals surface area (Å²) < 4.78 is 5.07. The van der Waals surface area contributed by atoms with E-state index in [1.807, 2.05) is 0 Å². The van der Waals surface area contributed by atoms with Crippen molar-refractivity contribution < 1.29 is 14.3 Å². The number of rotatable bonds is 6. The topological polar surface area (TPSA) is 72.8 Å². The van der Waals surface area contributed by atoms with Gasteiger partial charge in [-0.15, -0.1) is 4.91 Å². The molecule has 0 unspecified atom stereocenters. The highest BCUT2D eigenvalue weighted by atomic mass is 35.5. The van der Waals surface area contributed by atoms with Gasteiger partial charge in [-0.3, -0.25) is 9.59 Å². The highest BCUT2D eigenvalue weighted by Crippen LogP contribution is 2.14. The van der Waals surface area contributed by atoms with Gasteiger partial charge in [-0.1, -0.05) is 29.8 Å². The van der Waals surface area contributed by atoms with E-state index in [-0.39, 0.29) is 5.78 Å². The Morgan fingerprint density at radius 2 is 1.70 bits per heavy atom. The van der Waals surface area contributed by atoms with Crippen LogP contribution in [0.5, 0.6) is 5.75 Å². The number of nitrogens with zero attached hydrogens (tertiary/aromatic N) is 1. The lowest BCUT2D eigenvalue weighted by Gasteiger charge is -2.02. The second-order valence-corrected chi connectivity index (χ2v) is 4.98. The number of nitroso groups, excluding NO2 is 1. The molecule has 0 atom stereocenters. The molecule has 116 valence electrons. The number of carbonyl (C=O) groups excluding carboxylic acids is 2. The molecule has 0 fully saturated rings. The number of hydrogen-bond donors (Lipinski definition) is 0. The summed E-state index contributed by atoms with van der Waals surface area (Å²) in [5.74, 6) is -0.574. The van der Waals surface area contributed by atoms with Crippen molar-refractivity contribution in [2.75, 3.05) is 6.61 Å². The van der Waals surface area contributed by atoms with Crippen molar-refractivity contribution in [3.63, 3.8) is 0 Å². The van der Waals surface area contributed by atoms with Crippen LogP contribution < -0.4 is 4.74 Å². The van der Waals surface area contributed by atoms with E-state index in [1.54, 1.807) is 54.6 Å². The number of amides is 1. The normalized spacial score (nSPS) is 10.5. The van der Waals surface area contributed by atoms with E-state index < -0.39 is 12.5 Å². The monoisotopic (exact) mass is 329 g/mol. The van der Waals surface area contributed by atoms with E-state index in [2.05, 4.69) is 5.18 Å². The zero-order valence-electron chi connectivity index (χ0n) is 11.9. The molecule has 2 rings (SSSR count). The first-order valence-electron chi connectivity index (χ1n) is 6.65. The smallest absolute Gasteiger partial charge is 0.323 e. The fraction of sp³-hybridized carbons (Fsp3) is 0.0588. The van der Waals surface area contributed by atoms with Gasteiger partial charge in [0.2, 0.25) is 0 Å². The van der Waals surface area contributed by atoms with Crippen molar-refractivity contribution >= 4 is 29.4 Å². The summed E-state index contributed by atoms with van der Waals surface area (Å²) in [6, 6.07) is 13.3. The van der Waals surface area contributed by atoms with E-state index in [0.717, 1.165) is 5.56 Å². The van der Waals surface area contributed by atoms with Crippen LogP contribution in [-0.2, 0) is 4.79 Å². The Morgan fingerprint density at radius 3 is 2.30 bits per heavy atom. The lowest BCUT2D eigenvalue weighted by atomic mass is 10.1. The second-order valence-electron chi connectivity index (χ2n) is 4.55. The Hall–Kier alpha value is -2.79. The molecular weight excluding hydrogens is 318 g/mol. The lowest BCUT2D eigenvalue weighted by Crippen LogP contribution is -2.07. The molecule has 0 radical (unpaired) electrons. The van der Waals surface area contributed by atoms with Crippen LogP contribution in [0, 0.1) is 4.91 Å². The molecule has 0 aliphatic carbocycles. The van der Waals surface area contributed by atoms with Crippen LogP contribution in [0.2, 0.25) is 5.02 Å². The summed E-state index contributed by atoms with van der Waals surface area (Å²) in [4.78, 5) is 32.6. The number of ketones is 1. The zero-order chi connectivity index (χ0) is 16.7. The molecule has 23 heavy (non-hydrogen) atoms. The molecular formula is C17H12ClNO4. The fourth-order valence-electron chi connectivity index (χ4n) is 1.73. The Bertz CT molecular complexity index is 736. The predicted octanol–water partition coefficient (Wildman–Crippen LogP) is 3.91. The van der Waals surface area contributed by atoms with Crippen molar-refractivity contribution in [1.29, 1.82) is 0 Å². The summed E-state index contributed by atoms with van der Waals surface area (Å²) in [6.07, 6.45) is 3.12. The molecule has 6 heteroatoms. The van der Waals surface area contributed by atoms with Crippen molar-refractivity contribution in [2.24, 2.45) is 5.18 Å². The maximum absolute atomic E-state index is 12.0. The van der Waals surface area contributed by atoms with Crippen molar-refractivity contribution in [3.05, 3.63) is 75.7 Å². The molecule has 0 heterocycles. The summed E-state index contributed by atoms with van der Waals surface area (Å²) >= 11 is 5.77. The number of hydrogen-bond acceptors (Lipinski definition) is 4. The maximum atomic E-state index is 12.0. The molecule has 1 amide bonds. The average molecular weight is 330 g/mol. The summed E-state index contributed by atoms with van der Waals surface area (Å²) in [5, 5.41) is 2.81. The van der Waals surface area contributed by atoms with Crippen molar-refractivity contribution in [3.8, 4) is 5.75 Å². The number of benzene rings is 2. The molecule has 5 nitrogen and oxygen atoms in total. The Kier molecular flexibility index (Phi) is 5.77. The highest BCUT2D eigenvalue weighted by molar-refractivity contribution is 6.30. The molecule has 2 aromatic rings. The van der Waals surface area contributed by atoms with Gasteiger partial charge in [-0.2, -0.15) is 0 Å². The highest BCUT2D eigenvalue weighted by Gasteiger charge is 2.03. The molecule has 0 aliphatic rings. The first-order chi connectivity index (χ1) is 11.1. The average Bonchev–Trinajstić information content (AvgIpc) is 2.59. The van der Waals surface area contributed by atoms with Crippen LogP contribution in [0.1, 0.15) is 15.9 Å². The van der Waals surface area contributed by atoms with Gasteiger partial charge < -0.3 is 4.74 Å². The molecule has 0 N–H and O–H groups in total.